The Kier molecular flexibility index (Phi) is 5.16. The van der Waals surface area contributed by atoms with Gasteiger partial charge in [0.25, 0.3) is 0 Å². The van der Waals surface area contributed by atoms with Gasteiger partial charge in [0.1, 0.15) is 24.5 Å². The minimum atomic E-state index is 0.177. The third-order valence-electron chi connectivity index (χ3n) is 3.63. The lowest BCUT2D eigenvalue weighted by atomic mass is 10.2. The first-order valence-corrected chi connectivity index (χ1v) is 7.87. The van der Waals surface area contributed by atoms with Crippen molar-refractivity contribution in [1.82, 2.24) is 14.9 Å². The minimum absolute atomic E-state index is 0.177. The highest BCUT2D eigenvalue weighted by Gasteiger charge is 2.10. The molecule has 1 aliphatic heterocycles. The fraction of sp³-hybridized carbons (Fsp3) is 0.400. The Morgan fingerprint density at radius 3 is 2.96 bits per heavy atom. The van der Waals surface area contributed by atoms with Gasteiger partial charge >= 0.3 is 0 Å². The lowest BCUT2D eigenvalue weighted by molar-refractivity contribution is 0.0322. The first-order valence-electron chi connectivity index (χ1n) is 7.46. The summed E-state index contributed by atoms with van der Waals surface area (Å²) in [6, 6.07) is 5.69. The van der Waals surface area contributed by atoms with E-state index in [1.807, 2.05) is 18.2 Å². The van der Waals surface area contributed by atoms with Gasteiger partial charge in [-0.15, -0.1) is 0 Å². The number of morpholine rings is 1. The molecule has 1 aromatic carbocycles. The Labute approximate surface area is 139 Å². The summed E-state index contributed by atoms with van der Waals surface area (Å²) in [5.74, 6) is 1.38. The molecule has 122 valence electrons. The number of thiocarbonyl (C=S) groups is 1. The third-order valence-corrected chi connectivity index (χ3v) is 3.73. The molecule has 0 amide bonds. The fourth-order valence-electron chi connectivity index (χ4n) is 2.46. The lowest BCUT2D eigenvalue weighted by Gasteiger charge is -2.26. The average Bonchev–Trinajstić information content (AvgIpc) is 2.55. The van der Waals surface area contributed by atoms with E-state index >= 15 is 0 Å². The average molecular weight is 333 g/mol. The van der Waals surface area contributed by atoms with Gasteiger partial charge in [-0.1, -0.05) is 0 Å². The molecular formula is C15H19N5O2S. The summed E-state index contributed by atoms with van der Waals surface area (Å²) in [6.45, 7) is 5.04. The molecule has 7 nitrogen and oxygen atoms in total. The second-order valence-electron chi connectivity index (χ2n) is 5.19. The van der Waals surface area contributed by atoms with Gasteiger partial charge in [-0.25, -0.2) is 9.97 Å². The highest BCUT2D eigenvalue weighted by atomic mass is 32.1. The maximum atomic E-state index is 5.82. The van der Waals surface area contributed by atoms with Crippen molar-refractivity contribution in [2.75, 3.05) is 44.8 Å². The van der Waals surface area contributed by atoms with Crippen molar-refractivity contribution < 1.29 is 9.47 Å². The van der Waals surface area contributed by atoms with Crippen LogP contribution < -0.4 is 15.8 Å². The van der Waals surface area contributed by atoms with Crippen LogP contribution in [0.3, 0.4) is 0 Å². The zero-order chi connectivity index (χ0) is 16.1. The summed E-state index contributed by atoms with van der Waals surface area (Å²) in [6.07, 6.45) is 1.47. The number of fused-ring (bicyclic) bond motifs is 1. The van der Waals surface area contributed by atoms with Crippen molar-refractivity contribution in [3.05, 3.63) is 24.5 Å². The molecule has 0 radical (unpaired) electrons. The molecule has 3 N–H and O–H groups in total. The van der Waals surface area contributed by atoms with E-state index in [-0.39, 0.29) is 5.11 Å². The number of rotatable bonds is 5. The quantitative estimate of drug-likeness (QED) is 0.784. The number of ether oxygens (including phenoxy) is 2. The SMILES string of the molecule is NC(=S)Nc1ncnc2cc(OCCN3CCOCC3)ccc12. The number of hydrogen-bond acceptors (Lipinski definition) is 6. The van der Waals surface area contributed by atoms with Crippen LogP contribution in [0.4, 0.5) is 5.82 Å². The van der Waals surface area contributed by atoms with Crippen molar-refractivity contribution in [2.45, 2.75) is 0 Å². The van der Waals surface area contributed by atoms with Gasteiger partial charge in [0.2, 0.25) is 0 Å². The van der Waals surface area contributed by atoms with E-state index in [4.69, 9.17) is 27.4 Å². The molecule has 2 heterocycles. The number of benzene rings is 1. The highest BCUT2D eigenvalue weighted by Crippen LogP contribution is 2.23. The molecule has 0 aliphatic carbocycles. The number of anilines is 1. The molecule has 1 saturated heterocycles. The number of nitrogens with zero attached hydrogens (tertiary/aromatic N) is 3. The summed E-state index contributed by atoms with van der Waals surface area (Å²) in [7, 11) is 0. The normalized spacial score (nSPS) is 15.5. The van der Waals surface area contributed by atoms with Crippen LogP contribution in [0.15, 0.2) is 24.5 Å². The van der Waals surface area contributed by atoms with Crippen LogP contribution in [0, 0.1) is 0 Å². The molecule has 0 spiro atoms. The number of aromatic nitrogens is 2. The first-order chi connectivity index (χ1) is 11.2. The van der Waals surface area contributed by atoms with E-state index in [0.29, 0.717) is 12.4 Å². The molecule has 3 rings (SSSR count). The van der Waals surface area contributed by atoms with Crippen molar-refractivity contribution in [3.63, 3.8) is 0 Å². The molecule has 8 heteroatoms. The number of hydrogen-bond donors (Lipinski definition) is 2. The largest absolute Gasteiger partial charge is 0.492 e. The van der Waals surface area contributed by atoms with Gasteiger partial charge in [-0.3, -0.25) is 4.90 Å². The van der Waals surface area contributed by atoms with Gasteiger partial charge in [0, 0.05) is 31.1 Å². The van der Waals surface area contributed by atoms with Gasteiger partial charge in [0.05, 0.1) is 18.7 Å². The topological polar surface area (TPSA) is 85.5 Å². The van der Waals surface area contributed by atoms with E-state index < -0.39 is 0 Å². The Morgan fingerprint density at radius 2 is 2.17 bits per heavy atom. The smallest absolute Gasteiger partial charge is 0.169 e. The Morgan fingerprint density at radius 1 is 1.35 bits per heavy atom. The number of nitrogens with two attached hydrogens (primary N) is 1. The molecule has 1 aromatic heterocycles. The molecule has 0 atom stereocenters. The third kappa shape index (κ3) is 4.25. The summed E-state index contributed by atoms with van der Waals surface area (Å²) in [5.41, 5.74) is 6.28. The first kappa shape index (κ1) is 15.9. The van der Waals surface area contributed by atoms with Crippen LogP contribution in [0.25, 0.3) is 10.9 Å². The maximum absolute atomic E-state index is 5.82. The Hall–Kier alpha value is -2.03. The molecule has 0 saturated carbocycles. The van der Waals surface area contributed by atoms with Crippen LogP contribution in [0.2, 0.25) is 0 Å². The summed E-state index contributed by atoms with van der Waals surface area (Å²) < 4.78 is 11.2. The second kappa shape index (κ2) is 7.49. The predicted octanol–water partition coefficient (Wildman–Crippen LogP) is 0.996. The summed E-state index contributed by atoms with van der Waals surface area (Å²) >= 11 is 4.85. The number of nitrogens with one attached hydrogen (secondary N) is 1. The van der Waals surface area contributed by atoms with Gasteiger partial charge in [-0.05, 0) is 24.4 Å². The molecule has 0 unspecified atom stereocenters. The zero-order valence-corrected chi connectivity index (χ0v) is 13.5. The van der Waals surface area contributed by atoms with Crippen LogP contribution in [-0.4, -0.2) is 59.4 Å². The predicted molar refractivity (Wildman–Crippen MR) is 92.7 cm³/mol. The van der Waals surface area contributed by atoms with Crippen LogP contribution >= 0.6 is 12.2 Å². The van der Waals surface area contributed by atoms with Crippen molar-refractivity contribution in [2.24, 2.45) is 5.73 Å². The van der Waals surface area contributed by atoms with Gasteiger partial charge in [0.15, 0.2) is 5.11 Å². The Bertz CT molecular complexity index is 691. The van der Waals surface area contributed by atoms with E-state index in [9.17, 15) is 0 Å². The molecule has 23 heavy (non-hydrogen) atoms. The van der Waals surface area contributed by atoms with E-state index in [1.165, 1.54) is 6.33 Å². The van der Waals surface area contributed by atoms with Crippen LogP contribution in [0.1, 0.15) is 0 Å². The molecule has 1 aliphatic rings. The second-order valence-corrected chi connectivity index (χ2v) is 5.63. The van der Waals surface area contributed by atoms with E-state index in [2.05, 4.69) is 20.2 Å². The lowest BCUT2D eigenvalue weighted by Crippen LogP contribution is -2.38. The summed E-state index contributed by atoms with van der Waals surface area (Å²) in [4.78, 5) is 10.7. The fourth-order valence-corrected chi connectivity index (χ4v) is 2.56. The monoisotopic (exact) mass is 333 g/mol. The molecule has 2 aromatic rings. The van der Waals surface area contributed by atoms with Crippen LogP contribution in [0.5, 0.6) is 5.75 Å². The van der Waals surface area contributed by atoms with E-state index in [0.717, 1.165) is 49.5 Å². The van der Waals surface area contributed by atoms with Gasteiger partial charge in [-0.2, -0.15) is 0 Å². The Balaban J connectivity index is 1.64. The van der Waals surface area contributed by atoms with Gasteiger partial charge < -0.3 is 20.5 Å². The van der Waals surface area contributed by atoms with Crippen molar-refractivity contribution in [1.29, 1.82) is 0 Å². The molecule has 0 bridgehead atoms. The summed E-state index contributed by atoms with van der Waals surface area (Å²) in [5, 5.41) is 3.88. The van der Waals surface area contributed by atoms with Crippen LogP contribution in [-0.2, 0) is 4.74 Å². The molecular weight excluding hydrogens is 314 g/mol. The maximum Gasteiger partial charge on any atom is 0.169 e. The van der Waals surface area contributed by atoms with Crippen molar-refractivity contribution in [3.8, 4) is 5.75 Å². The molecule has 1 fully saturated rings. The van der Waals surface area contributed by atoms with Crippen molar-refractivity contribution >= 4 is 34.1 Å². The minimum Gasteiger partial charge on any atom is -0.492 e. The highest BCUT2D eigenvalue weighted by molar-refractivity contribution is 7.80. The standard InChI is InChI=1S/C15H19N5O2S/c16-15(23)19-14-12-2-1-11(9-13(12)17-10-18-14)22-8-5-20-3-6-21-7-4-20/h1-2,9-10H,3-8H2,(H3,16,17,18,19,23). The van der Waals surface area contributed by atoms with E-state index in [1.54, 1.807) is 0 Å². The zero-order valence-electron chi connectivity index (χ0n) is 12.7.